The van der Waals surface area contributed by atoms with Crippen LogP contribution in [0.15, 0.2) is 70.2 Å². The van der Waals surface area contributed by atoms with Crippen molar-refractivity contribution < 1.29 is 14.3 Å². The van der Waals surface area contributed by atoms with Crippen LogP contribution < -0.4 is 5.43 Å². The molecule has 4 aromatic rings. The van der Waals surface area contributed by atoms with Crippen molar-refractivity contribution >= 4 is 29.2 Å². The highest BCUT2D eigenvalue weighted by Crippen LogP contribution is 2.22. The number of carboxylic acids is 1. The number of nitrogens with zero attached hydrogens (tertiary/aromatic N) is 2. The number of aromatic carboxylic acids is 1. The monoisotopic (exact) mass is 346 g/mol. The second-order valence-corrected chi connectivity index (χ2v) is 5.56. The molecule has 2 aromatic carbocycles. The van der Waals surface area contributed by atoms with Crippen molar-refractivity contribution in [3.8, 4) is 11.3 Å². The van der Waals surface area contributed by atoms with Gasteiger partial charge >= 0.3 is 5.97 Å². The minimum Gasteiger partial charge on any atom is -0.478 e. The van der Waals surface area contributed by atoms with Crippen LogP contribution in [0.3, 0.4) is 0 Å². The molecule has 0 saturated heterocycles. The molecule has 0 saturated carbocycles. The SMILES string of the molecule is O=C(O)c1ccc(-c2ccc(/C=N/Nc3nc4ccccc4[nH]3)o2)cc1. The Morgan fingerprint density at radius 1 is 1.12 bits per heavy atom. The number of hydrogen-bond acceptors (Lipinski definition) is 5. The summed E-state index contributed by atoms with van der Waals surface area (Å²) in [4.78, 5) is 18.4. The lowest BCUT2D eigenvalue weighted by molar-refractivity contribution is 0.0697. The molecule has 128 valence electrons. The fourth-order valence-electron chi connectivity index (χ4n) is 2.52. The lowest BCUT2D eigenvalue weighted by Crippen LogP contribution is -1.94. The Labute approximate surface area is 148 Å². The van der Waals surface area contributed by atoms with Gasteiger partial charge in [-0.25, -0.2) is 15.2 Å². The average molecular weight is 346 g/mol. The molecule has 0 aliphatic rings. The van der Waals surface area contributed by atoms with Crippen molar-refractivity contribution in [2.24, 2.45) is 5.10 Å². The third-order valence-electron chi connectivity index (χ3n) is 3.79. The highest BCUT2D eigenvalue weighted by molar-refractivity contribution is 5.88. The molecule has 0 atom stereocenters. The number of hydrazone groups is 1. The molecular formula is C19H14N4O3. The van der Waals surface area contributed by atoms with Gasteiger partial charge in [0, 0.05) is 5.56 Å². The van der Waals surface area contributed by atoms with Gasteiger partial charge in [-0.2, -0.15) is 5.10 Å². The number of fused-ring (bicyclic) bond motifs is 1. The maximum Gasteiger partial charge on any atom is 0.335 e. The van der Waals surface area contributed by atoms with Gasteiger partial charge in [0.25, 0.3) is 0 Å². The number of aromatic amines is 1. The Kier molecular flexibility index (Phi) is 3.95. The summed E-state index contributed by atoms with van der Waals surface area (Å²) in [6, 6.07) is 17.8. The number of nitrogens with one attached hydrogen (secondary N) is 2. The molecule has 0 amide bonds. The number of benzene rings is 2. The highest BCUT2D eigenvalue weighted by Gasteiger charge is 2.06. The van der Waals surface area contributed by atoms with Crippen LogP contribution in [0.25, 0.3) is 22.4 Å². The van der Waals surface area contributed by atoms with E-state index in [4.69, 9.17) is 9.52 Å². The number of para-hydroxylation sites is 2. The van der Waals surface area contributed by atoms with E-state index in [-0.39, 0.29) is 5.56 Å². The van der Waals surface area contributed by atoms with Crippen LogP contribution in [0, 0.1) is 0 Å². The van der Waals surface area contributed by atoms with Crippen LogP contribution in [0.5, 0.6) is 0 Å². The maximum absolute atomic E-state index is 10.9. The van der Waals surface area contributed by atoms with E-state index in [1.807, 2.05) is 24.3 Å². The topological polar surface area (TPSA) is 104 Å². The first-order valence-corrected chi connectivity index (χ1v) is 7.86. The number of carbonyl (C=O) groups is 1. The first-order chi connectivity index (χ1) is 12.7. The molecule has 0 radical (unpaired) electrons. The Bertz CT molecular complexity index is 1060. The molecule has 0 bridgehead atoms. The zero-order valence-electron chi connectivity index (χ0n) is 13.5. The minimum atomic E-state index is -0.958. The van der Waals surface area contributed by atoms with Gasteiger partial charge in [0.05, 0.1) is 22.8 Å². The molecule has 0 spiro atoms. The number of aromatic nitrogens is 2. The van der Waals surface area contributed by atoms with Crippen molar-refractivity contribution in [1.82, 2.24) is 9.97 Å². The number of carboxylic acid groups (broad SMARTS) is 1. The number of furan rings is 1. The highest BCUT2D eigenvalue weighted by atomic mass is 16.4. The fourth-order valence-corrected chi connectivity index (χ4v) is 2.52. The van der Waals surface area contributed by atoms with Crippen LogP contribution >= 0.6 is 0 Å². The predicted molar refractivity (Wildman–Crippen MR) is 98.4 cm³/mol. The van der Waals surface area contributed by atoms with E-state index in [0.29, 0.717) is 17.5 Å². The fraction of sp³-hybridized carbons (Fsp3) is 0. The molecule has 26 heavy (non-hydrogen) atoms. The van der Waals surface area contributed by atoms with E-state index in [0.717, 1.165) is 16.6 Å². The van der Waals surface area contributed by atoms with Crippen molar-refractivity contribution in [3.05, 3.63) is 72.0 Å². The van der Waals surface area contributed by atoms with Crippen LogP contribution in [-0.2, 0) is 0 Å². The molecule has 0 aliphatic carbocycles. The van der Waals surface area contributed by atoms with E-state index in [9.17, 15) is 4.79 Å². The third kappa shape index (κ3) is 3.18. The van der Waals surface area contributed by atoms with Crippen LogP contribution in [0.1, 0.15) is 16.1 Å². The molecule has 7 nitrogen and oxygen atoms in total. The second kappa shape index (κ2) is 6.56. The van der Waals surface area contributed by atoms with Gasteiger partial charge in [0.15, 0.2) is 0 Å². The van der Waals surface area contributed by atoms with Gasteiger partial charge in [-0.1, -0.05) is 24.3 Å². The molecule has 0 unspecified atom stereocenters. The number of hydrogen-bond donors (Lipinski definition) is 3. The van der Waals surface area contributed by atoms with Gasteiger partial charge < -0.3 is 14.5 Å². The molecule has 2 heterocycles. The molecule has 2 aromatic heterocycles. The van der Waals surface area contributed by atoms with Gasteiger partial charge in [-0.15, -0.1) is 0 Å². The van der Waals surface area contributed by atoms with E-state index in [1.54, 1.807) is 30.5 Å². The van der Waals surface area contributed by atoms with Gasteiger partial charge in [0.2, 0.25) is 5.95 Å². The Hall–Kier alpha value is -3.87. The maximum atomic E-state index is 10.9. The minimum absolute atomic E-state index is 0.233. The summed E-state index contributed by atoms with van der Waals surface area (Å²) in [6.45, 7) is 0. The Morgan fingerprint density at radius 2 is 1.92 bits per heavy atom. The average Bonchev–Trinajstić information content (AvgIpc) is 3.28. The molecular weight excluding hydrogens is 332 g/mol. The van der Waals surface area contributed by atoms with E-state index >= 15 is 0 Å². The third-order valence-corrected chi connectivity index (χ3v) is 3.79. The van der Waals surface area contributed by atoms with E-state index in [2.05, 4.69) is 20.5 Å². The van der Waals surface area contributed by atoms with Crippen LogP contribution in [-0.4, -0.2) is 27.3 Å². The number of H-pyrrole nitrogens is 1. The molecule has 4 rings (SSSR count). The summed E-state index contributed by atoms with van der Waals surface area (Å²) in [7, 11) is 0. The van der Waals surface area contributed by atoms with Gasteiger partial charge in [-0.05, 0) is 36.4 Å². The lowest BCUT2D eigenvalue weighted by atomic mass is 10.1. The Morgan fingerprint density at radius 3 is 2.69 bits per heavy atom. The predicted octanol–water partition coefficient (Wildman–Crippen LogP) is 3.97. The summed E-state index contributed by atoms with van der Waals surface area (Å²) < 4.78 is 5.70. The van der Waals surface area contributed by atoms with Gasteiger partial charge in [-0.3, -0.25) is 0 Å². The number of imidazole rings is 1. The van der Waals surface area contributed by atoms with Crippen LogP contribution in [0.4, 0.5) is 5.95 Å². The summed E-state index contributed by atoms with van der Waals surface area (Å²) in [6.07, 6.45) is 1.54. The molecule has 0 fully saturated rings. The van der Waals surface area contributed by atoms with Gasteiger partial charge in [0.1, 0.15) is 11.5 Å². The largest absolute Gasteiger partial charge is 0.478 e. The smallest absolute Gasteiger partial charge is 0.335 e. The Balaban J connectivity index is 1.45. The molecule has 7 heteroatoms. The van der Waals surface area contributed by atoms with Crippen molar-refractivity contribution in [2.45, 2.75) is 0 Å². The lowest BCUT2D eigenvalue weighted by Gasteiger charge is -1.98. The summed E-state index contributed by atoms with van der Waals surface area (Å²) >= 11 is 0. The normalized spacial score (nSPS) is 11.2. The summed E-state index contributed by atoms with van der Waals surface area (Å²) in [5.41, 5.74) is 5.64. The van der Waals surface area contributed by atoms with E-state index < -0.39 is 5.97 Å². The first-order valence-electron chi connectivity index (χ1n) is 7.86. The first kappa shape index (κ1) is 15.6. The van der Waals surface area contributed by atoms with Crippen molar-refractivity contribution in [2.75, 3.05) is 5.43 Å². The summed E-state index contributed by atoms with van der Waals surface area (Å²) in [5.74, 6) is 0.775. The molecule has 3 N–H and O–H groups in total. The van der Waals surface area contributed by atoms with Crippen molar-refractivity contribution in [1.29, 1.82) is 0 Å². The molecule has 0 aliphatic heterocycles. The summed E-state index contributed by atoms with van der Waals surface area (Å²) in [5, 5.41) is 13.0. The zero-order valence-corrected chi connectivity index (χ0v) is 13.5. The number of rotatable bonds is 5. The standard InChI is InChI=1S/C19H14N4O3/c24-18(25)13-7-5-12(6-8-13)17-10-9-14(26-17)11-20-23-19-21-15-3-1-2-4-16(15)22-19/h1-11H,(H,24,25)(H2,21,22,23)/b20-11+. The van der Waals surface area contributed by atoms with Crippen molar-refractivity contribution in [3.63, 3.8) is 0 Å². The zero-order chi connectivity index (χ0) is 17.9. The second-order valence-electron chi connectivity index (χ2n) is 5.56. The van der Waals surface area contributed by atoms with Crippen LogP contribution in [0.2, 0.25) is 0 Å². The number of anilines is 1. The quantitative estimate of drug-likeness (QED) is 0.375. The van der Waals surface area contributed by atoms with E-state index in [1.165, 1.54) is 12.1 Å².